The highest BCUT2D eigenvalue weighted by atomic mass is 32.2. The molecule has 2 rings (SSSR count). The van der Waals surface area contributed by atoms with Crippen molar-refractivity contribution in [3.63, 3.8) is 0 Å². The normalized spacial score (nSPS) is 26.7. The van der Waals surface area contributed by atoms with Gasteiger partial charge in [0.15, 0.2) is 5.78 Å². The third kappa shape index (κ3) is 3.13. The van der Waals surface area contributed by atoms with Crippen molar-refractivity contribution in [3.8, 4) is 0 Å². The molecule has 1 saturated heterocycles. The predicted molar refractivity (Wildman–Crippen MR) is 75.1 cm³/mol. The van der Waals surface area contributed by atoms with Crippen LogP contribution in [0.25, 0.3) is 0 Å². The molecule has 1 heterocycles. The van der Waals surface area contributed by atoms with E-state index in [1.165, 1.54) is 0 Å². The third-order valence-corrected chi connectivity index (χ3v) is 4.69. The number of likely N-dealkylation sites (tertiary alicyclic amines) is 1. The molecule has 0 spiro atoms. The van der Waals surface area contributed by atoms with Crippen LogP contribution in [0.4, 0.5) is 0 Å². The predicted octanol–water partition coefficient (Wildman–Crippen LogP) is 2.60. The molecule has 1 aromatic rings. The Hall–Kier alpha value is -0.840. The van der Waals surface area contributed by atoms with Gasteiger partial charge in [-0.2, -0.15) is 0 Å². The minimum Gasteiger partial charge on any atom is -0.632 e. The molecule has 0 aromatic heterocycles. The van der Waals surface area contributed by atoms with Crippen LogP contribution in [-0.2, 0) is 11.2 Å². The van der Waals surface area contributed by atoms with Crippen LogP contribution in [0.1, 0.15) is 18.4 Å². The van der Waals surface area contributed by atoms with Crippen LogP contribution >= 0.6 is 11.8 Å². The molecule has 0 N–H and O–H groups in total. The second-order valence-corrected chi connectivity index (χ2v) is 5.85. The van der Waals surface area contributed by atoms with E-state index in [0.717, 1.165) is 18.4 Å². The van der Waals surface area contributed by atoms with Crippen LogP contribution in [0.5, 0.6) is 0 Å². The summed E-state index contributed by atoms with van der Waals surface area (Å²) in [5.41, 5.74) is 1.16. The van der Waals surface area contributed by atoms with Crippen molar-refractivity contribution in [3.05, 3.63) is 41.1 Å². The number of aryl methyl sites for hydroxylation is 1. The fourth-order valence-electron chi connectivity index (χ4n) is 2.32. The summed E-state index contributed by atoms with van der Waals surface area (Å²) in [6.45, 7) is 0.751. The number of thioether (sulfide) groups is 1. The van der Waals surface area contributed by atoms with Crippen LogP contribution < -0.4 is 0 Å². The van der Waals surface area contributed by atoms with E-state index in [9.17, 15) is 10.0 Å². The first kappa shape index (κ1) is 13.6. The van der Waals surface area contributed by atoms with Gasteiger partial charge in [0.05, 0.1) is 13.0 Å². The number of quaternary nitrogens is 1. The number of ketones is 1. The Morgan fingerprint density at radius 1 is 1.44 bits per heavy atom. The van der Waals surface area contributed by atoms with Crippen molar-refractivity contribution >= 4 is 17.5 Å². The van der Waals surface area contributed by atoms with Crippen molar-refractivity contribution in [2.45, 2.75) is 24.6 Å². The molecule has 1 fully saturated rings. The molecule has 1 aliphatic heterocycles. The maximum absolute atomic E-state index is 12.2. The molecule has 3 nitrogen and oxygen atoms in total. The van der Waals surface area contributed by atoms with Gasteiger partial charge in [0.25, 0.3) is 0 Å². The Labute approximate surface area is 112 Å². The average Bonchev–Trinajstić information content (AvgIpc) is 2.37. The lowest BCUT2D eigenvalue weighted by molar-refractivity contribution is -0.922. The number of rotatable bonds is 6. The fraction of sp³-hybridized carbons (Fsp3) is 0.500. The molecule has 0 saturated carbocycles. The largest absolute Gasteiger partial charge is 0.632 e. The number of carbonyl (C=O) groups excluding carboxylic acids is 1. The van der Waals surface area contributed by atoms with Crippen molar-refractivity contribution in [2.24, 2.45) is 0 Å². The maximum atomic E-state index is 12.2. The second kappa shape index (κ2) is 5.87. The van der Waals surface area contributed by atoms with E-state index < -0.39 is 0 Å². The van der Waals surface area contributed by atoms with Gasteiger partial charge in [0.2, 0.25) is 0 Å². The van der Waals surface area contributed by atoms with Crippen molar-refractivity contribution in [2.75, 3.05) is 19.3 Å². The quantitative estimate of drug-likeness (QED) is 0.586. The zero-order valence-electron chi connectivity index (χ0n) is 10.7. The van der Waals surface area contributed by atoms with E-state index in [4.69, 9.17) is 0 Å². The van der Waals surface area contributed by atoms with Gasteiger partial charge in [-0.3, -0.25) is 4.79 Å². The van der Waals surface area contributed by atoms with Crippen molar-refractivity contribution < 1.29 is 9.44 Å². The Morgan fingerprint density at radius 2 is 2.17 bits per heavy atom. The van der Waals surface area contributed by atoms with Crippen LogP contribution in [0.3, 0.4) is 0 Å². The zero-order valence-corrected chi connectivity index (χ0v) is 11.5. The Kier molecular flexibility index (Phi) is 4.43. The summed E-state index contributed by atoms with van der Waals surface area (Å²) in [5.74, 6) is 0.0904. The molecule has 0 radical (unpaired) electrons. The van der Waals surface area contributed by atoms with Crippen molar-refractivity contribution in [1.82, 2.24) is 0 Å². The van der Waals surface area contributed by atoms with Crippen LogP contribution in [0.2, 0.25) is 0 Å². The lowest BCUT2D eigenvalue weighted by Crippen LogP contribution is -2.61. The van der Waals surface area contributed by atoms with Gasteiger partial charge in [-0.25, -0.2) is 0 Å². The van der Waals surface area contributed by atoms with Crippen LogP contribution in [0, 0.1) is 5.21 Å². The molecule has 18 heavy (non-hydrogen) atoms. The van der Waals surface area contributed by atoms with Crippen molar-refractivity contribution in [1.29, 1.82) is 0 Å². The lowest BCUT2D eigenvalue weighted by atomic mass is 10.1. The standard InChI is InChI=1S/C14H19NO2S/c1-18-14-9-10-15(14,17)11-13(16)8-7-12-5-3-2-4-6-12/h2-6,14H,7-11H2,1H3. The zero-order chi connectivity index (χ0) is 13.0. The molecular weight excluding hydrogens is 246 g/mol. The molecule has 2 unspecified atom stereocenters. The Morgan fingerprint density at radius 3 is 2.72 bits per heavy atom. The molecule has 0 amide bonds. The van der Waals surface area contributed by atoms with Gasteiger partial charge in [-0.05, 0) is 18.2 Å². The van der Waals surface area contributed by atoms with E-state index in [1.807, 2.05) is 36.6 Å². The smallest absolute Gasteiger partial charge is 0.187 e. The van der Waals surface area contributed by atoms with E-state index >= 15 is 0 Å². The number of hydrogen-bond donors (Lipinski definition) is 0. The van der Waals surface area contributed by atoms with Gasteiger partial charge in [0.1, 0.15) is 11.9 Å². The van der Waals surface area contributed by atoms with Gasteiger partial charge >= 0.3 is 0 Å². The van der Waals surface area contributed by atoms with E-state index in [1.54, 1.807) is 11.8 Å². The molecular formula is C14H19NO2S. The lowest BCUT2D eigenvalue weighted by Gasteiger charge is -2.55. The monoisotopic (exact) mass is 265 g/mol. The summed E-state index contributed by atoms with van der Waals surface area (Å²) < 4.78 is -0.311. The van der Waals surface area contributed by atoms with Crippen LogP contribution in [-0.4, -0.2) is 35.1 Å². The second-order valence-electron chi connectivity index (χ2n) is 4.84. The third-order valence-electron chi connectivity index (χ3n) is 3.53. The molecule has 0 aliphatic carbocycles. The fourth-order valence-corrected chi connectivity index (χ4v) is 3.22. The van der Waals surface area contributed by atoms with E-state index in [-0.39, 0.29) is 22.3 Å². The first-order chi connectivity index (χ1) is 8.64. The number of hydroxylamine groups is 3. The number of benzene rings is 1. The molecule has 2 atom stereocenters. The Balaban J connectivity index is 1.79. The molecule has 0 bridgehead atoms. The SMILES string of the molecule is CSC1CC[N+]1([O-])CC(=O)CCc1ccccc1. The summed E-state index contributed by atoms with van der Waals surface area (Å²) in [7, 11) is 0. The minimum absolute atomic E-state index is 0.0747. The summed E-state index contributed by atoms with van der Waals surface area (Å²) in [4.78, 5) is 11.9. The maximum Gasteiger partial charge on any atom is 0.187 e. The number of carbonyl (C=O) groups is 1. The molecule has 98 valence electrons. The molecule has 1 aliphatic rings. The minimum atomic E-state index is -0.311. The Bertz CT molecular complexity index is 408. The average molecular weight is 265 g/mol. The first-order valence-electron chi connectivity index (χ1n) is 6.30. The number of hydrogen-bond acceptors (Lipinski definition) is 3. The van der Waals surface area contributed by atoms with Gasteiger partial charge in [-0.15, -0.1) is 11.8 Å². The highest BCUT2D eigenvalue weighted by molar-refractivity contribution is 7.99. The highest BCUT2D eigenvalue weighted by Crippen LogP contribution is 2.34. The van der Waals surface area contributed by atoms with Gasteiger partial charge in [0, 0.05) is 6.42 Å². The van der Waals surface area contributed by atoms with Gasteiger partial charge < -0.3 is 9.85 Å². The van der Waals surface area contributed by atoms with Crippen LogP contribution in [0.15, 0.2) is 30.3 Å². The van der Waals surface area contributed by atoms with Gasteiger partial charge in [-0.1, -0.05) is 30.3 Å². The first-order valence-corrected chi connectivity index (χ1v) is 7.59. The summed E-state index contributed by atoms with van der Waals surface area (Å²) in [6.07, 6.45) is 4.11. The molecule has 1 aromatic carbocycles. The topological polar surface area (TPSA) is 40.1 Å². The number of Topliss-reactive ketones (excluding diaryl/α,β-unsaturated/α-hetero) is 1. The van der Waals surface area contributed by atoms with E-state index in [2.05, 4.69) is 0 Å². The summed E-state index contributed by atoms with van der Waals surface area (Å²) in [5, 5.41) is 12.3. The van der Waals surface area contributed by atoms with E-state index in [0.29, 0.717) is 13.0 Å². The summed E-state index contributed by atoms with van der Waals surface area (Å²) in [6, 6.07) is 9.94. The number of nitrogens with zero attached hydrogens (tertiary/aromatic N) is 1. The summed E-state index contributed by atoms with van der Waals surface area (Å²) >= 11 is 1.58. The highest BCUT2D eigenvalue weighted by Gasteiger charge is 2.39. The molecule has 4 heteroatoms.